The molecule has 6 rings (SSSR count). The molecule has 2 bridgehead atoms. The van der Waals surface area contributed by atoms with Gasteiger partial charge < -0.3 is 34.5 Å². The molecule has 1 saturated heterocycles. The SMILES string of the molecule is CCCC(=O)N[C@@H](CS[C@@H]1c2c(OC(C)=O)c(C)c3c(c2[C@H](CO)N2C1[C@H]1c4c(cc(C)c(OC)c4O)C[C@@H](C2C#N)N1C)OCO3)C(C)=O. The average molecular weight is 709 g/mol. The number of aliphatic hydroxyl groups is 1. The number of ether oxygens (including phenoxy) is 4. The summed E-state index contributed by atoms with van der Waals surface area (Å²) in [5.41, 5.74) is 3.94. The predicted molar refractivity (Wildman–Crippen MR) is 184 cm³/mol. The van der Waals surface area contributed by atoms with Crippen molar-refractivity contribution in [3.8, 4) is 34.8 Å². The van der Waals surface area contributed by atoms with Gasteiger partial charge in [-0.1, -0.05) is 13.0 Å². The van der Waals surface area contributed by atoms with Crippen LogP contribution in [0.25, 0.3) is 0 Å². The summed E-state index contributed by atoms with van der Waals surface area (Å²) in [5.74, 6) is 0.519. The lowest BCUT2D eigenvalue weighted by molar-refractivity contribution is -0.132. The average Bonchev–Trinajstić information content (AvgIpc) is 3.55. The molecule has 0 spiro atoms. The molecule has 2 aromatic carbocycles. The van der Waals surface area contributed by atoms with E-state index in [9.17, 15) is 29.9 Å². The number of rotatable bonds is 10. The van der Waals surface area contributed by atoms with Gasteiger partial charge in [-0.25, -0.2) is 0 Å². The minimum atomic E-state index is -0.825. The number of nitrogens with zero attached hydrogens (tertiary/aromatic N) is 3. The fourth-order valence-corrected chi connectivity index (χ4v) is 10.0. The van der Waals surface area contributed by atoms with Gasteiger partial charge in [0.1, 0.15) is 11.8 Å². The summed E-state index contributed by atoms with van der Waals surface area (Å²) in [7, 11) is 3.43. The highest BCUT2D eigenvalue weighted by Gasteiger charge is 2.60. The second-order valence-corrected chi connectivity index (χ2v) is 14.6. The van der Waals surface area contributed by atoms with Crippen LogP contribution in [0.1, 0.15) is 84.3 Å². The van der Waals surface area contributed by atoms with Crippen LogP contribution < -0.4 is 24.3 Å². The molecule has 4 aliphatic rings. The summed E-state index contributed by atoms with van der Waals surface area (Å²) in [5, 5.41) is 36.3. The number of likely N-dealkylation sites (N-methyl/N-ethyl adjacent to an activating group) is 1. The van der Waals surface area contributed by atoms with Crippen molar-refractivity contribution in [3.05, 3.63) is 39.4 Å². The Morgan fingerprint density at radius 2 is 1.88 bits per heavy atom. The summed E-state index contributed by atoms with van der Waals surface area (Å²) in [4.78, 5) is 42.5. The number of carbonyl (C=O) groups excluding carboxylic acids is 3. The number of methoxy groups -OCH3 is 1. The van der Waals surface area contributed by atoms with Crippen molar-refractivity contribution >= 4 is 29.4 Å². The molecule has 7 atom stereocenters. The Labute approximate surface area is 295 Å². The molecule has 1 fully saturated rings. The lowest BCUT2D eigenvalue weighted by Crippen LogP contribution is -2.69. The predicted octanol–water partition coefficient (Wildman–Crippen LogP) is 3.54. The van der Waals surface area contributed by atoms with Gasteiger partial charge >= 0.3 is 5.97 Å². The van der Waals surface area contributed by atoms with Gasteiger partial charge in [-0.15, -0.1) is 11.8 Å². The smallest absolute Gasteiger partial charge is 0.308 e. The summed E-state index contributed by atoms with van der Waals surface area (Å²) >= 11 is 1.39. The Bertz CT molecular complexity index is 1780. The van der Waals surface area contributed by atoms with E-state index in [1.807, 2.05) is 31.9 Å². The molecule has 0 aromatic heterocycles. The third kappa shape index (κ3) is 5.64. The topological polar surface area (TPSA) is 171 Å². The molecule has 50 heavy (non-hydrogen) atoms. The van der Waals surface area contributed by atoms with E-state index in [0.29, 0.717) is 52.3 Å². The van der Waals surface area contributed by atoms with Gasteiger partial charge in [-0.3, -0.25) is 24.2 Å². The summed E-state index contributed by atoms with van der Waals surface area (Å²) < 4.78 is 23.6. The molecule has 1 amide bonds. The number of phenols is 1. The van der Waals surface area contributed by atoms with Crippen LogP contribution in [0.2, 0.25) is 0 Å². The largest absolute Gasteiger partial charge is 0.504 e. The molecule has 13 nitrogen and oxygen atoms in total. The number of ketones is 1. The minimum Gasteiger partial charge on any atom is -0.504 e. The number of nitriles is 1. The van der Waals surface area contributed by atoms with Crippen LogP contribution in [0.5, 0.6) is 28.7 Å². The van der Waals surface area contributed by atoms with Crippen LogP contribution >= 0.6 is 11.8 Å². The normalized spacial score (nSPS) is 25.4. The third-order valence-electron chi connectivity index (χ3n) is 10.5. The molecule has 4 aliphatic heterocycles. The van der Waals surface area contributed by atoms with Gasteiger partial charge in [0, 0.05) is 53.4 Å². The van der Waals surface area contributed by atoms with Crippen molar-refractivity contribution in [2.75, 3.05) is 33.3 Å². The number of hydrogen-bond donors (Lipinski definition) is 3. The standard InChI is InChI=1S/C36H44N4O9S/c1-8-9-25(44)38-21(18(4)42)14-50-36-28-27(35-34(47-15-48-35)17(3)33(28)49-19(5)43)24(13-41)40-23(12-37)22-11-20-10-16(2)32(46-7)31(45)26(20)29(30(36)40)39(22)6/h10,21-24,29-30,36,41,45H,8-9,11,13-15H2,1-7H3,(H,38,44)/t21-,22-,23?,24-,29+,30?,36+/m0/s1. The zero-order chi connectivity index (χ0) is 36.2. The number of aryl methyl sites for hydroxylation is 1. The number of aromatic hydroxyl groups is 1. The highest BCUT2D eigenvalue weighted by molar-refractivity contribution is 7.99. The van der Waals surface area contributed by atoms with Gasteiger partial charge in [0.25, 0.3) is 0 Å². The number of hydrogen-bond acceptors (Lipinski definition) is 13. The molecule has 0 radical (unpaired) electrons. The minimum absolute atomic E-state index is 0.00114. The number of esters is 1. The van der Waals surface area contributed by atoms with Crippen molar-refractivity contribution in [2.45, 2.75) is 95.4 Å². The molecule has 3 N–H and O–H groups in total. The third-order valence-corrected chi connectivity index (χ3v) is 11.9. The maximum absolute atomic E-state index is 13.0. The van der Waals surface area contributed by atoms with Crippen molar-refractivity contribution in [1.29, 1.82) is 5.26 Å². The van der Waals surface area contributed by atoms with Gasteiger partial charge in [0.2, 0.25) is 12.7 Å². The van der Waals surface area contributed by atoms with Gasteiger partial charge in [-0.05, 0) is 51.8 Å². The number of amides is 1. The summed E-state index contributed by atoms with van der Waals surface area (Å²) in [6, 6.07) is 0.724. The number of fused-ring (bicyclic) bond motifs is 9. The molecule has 4 heterocycles. The summed E-state index contributed by atoms with van der Waals surface area (Å²) in [6.45, 7) is 7.77. The van der Waals surface area contributed by atoms with Gasteiger partial charge in [-0.2, -0.15) is 5.26 Å². The van der Waals surface area contributed by atoms with Crippen LogP contribution in [-0.4, -0.2) is 95.2 Å². The molecule has 0 aliphatic carbocycles. The van der Waals surface area contributed by atoms with E-state index in [4.69, 9.17) is 18.9 Å². The Hall–Kier alpha value is -4.03. The number of nitrogens with one attached hydrogen (secondary N) is 1. The van der Waals surface area contributed by atoms with Crippen LogP contribution in [0.3, 0.4) is 0 Å². The maximum atomic E-state index is 13.0. The molecular weight excluding hydrogens is 664 g/mol. The molecule has 14 heteroatoms. The number of piperazine rings is 1. The second kappa shape index (κ2) is 13.9. The lowest BCUT2D eigenvalue weighted by atomic mass is 9.71. The second-order valence-electron chi connectivity index (χ2n) is 13.4. The first kappa shape index (κ1) is 35.8. The fourth-order valence-electron chi connectivity index (χ4n) is 8.41. The van der Waals surface area contributed by atoms with Crippen LogP contribution in [-0.2, 0) is 20.8 Å². The van der Waals surface area contributed by atoms with Crippen molar-refractivity contribution in [1.82, 2.24) is 15.1 Å². The van der Waals surface area contributed by atoms with Crippen molar-refractivity contribution in [2.24, 2.45) is 0 Å². The van der Waals surface area contributed by atoms with E-state index in [-0.39, 0.29) is 48.2 Å². The highest BCUT2D eigenvalue weighted by atomic mass is 32.2. The number of thioether (sulfide) groups is 1. The van der Waals surface area contributed by atoms with Gasteiger partial charge in [0.15, 0.2) is 28.8 Å². The van der Waals surface area contributed by atoms with E-state index < -0.39 is 48.0 Å². The van der Waals surface area contributed by atoms with E-state index in [0.717, 1.165) is 11.1 Å². The van der Waals surface area contributed by atoms with E-state index in [1.165, 1.54) is 32.7 Å². The van der Waals surface area contributed by atoms with E-state index in [1.54, 1.807) is 6.92 Å². The maximum Gasteiger partial charge on any atom is 0.308 e. The zero-order valence-corrected chi connectivity index (χ0v) is 30.2. The number of Topliss-reactive ketones (excluding diaryl/α,β-unsaturated/α-hetero) is 1. The Kier molecular flexibility index (Phi) is 9.98. The number of carbonyl (C=O) groups is 3. The number of phenolic OH excluding ortho intramolecular Hbond substituents is 1. The highest BCUT2D eigenvalue weighted by Crippen LogP contribution is 2.63. The van der Waals surface area contributed by atoms with E-state index >= 15 is 0 Å². The molecular formula is C36H44N4O9S. The molecule has 0 saturated carbocycles. The van der Waals surface area contributed by atoms with E-state index in [2.05, 4.69) is 16.3 Å². The molecule has 2 aromatic rings. The van der Waals surface area contributed by atoms with Crippen molar-refractivity contribution in [3.63, 3.8) is 0 Å². The monoisotopic (exact) mass is 708 g/mol. The number of benzene rings is 2. The Balaban J connectivity index is 1.64. The van der Waals surface area contributed by atoms with Gasteiger partial charge in [0.05, 0.1) is 43.2 Å². The first-order valence-electron chi connectivity index (χ1n) is 16.8. The lowest BCUT2D eigenvalue weighted by Gasteiger charge is -2.61. The molecule has 2 unspecified atom stereocenters. The Morgan fingerprint density at radius 3 is 2.50 bits per heavy atom. The van der Waals surface area contributed by atoms with Crippen LogP contribution in [0.15, 0.2) is 6.07 Å². The van der Waals surface area contributed by atoms with Crippen LogP contribution in [0, 0.1) is 25.2 Å². The first-order valence-corrected chi connectivity index (χ1v) is 17.9. The first-order chi connectivity index (χ1) is 23.9. The fraction of sp³-hybridized carbons (Fsp3) is 0.556. The Morgan fingerprint density at radius 1 is 1.16 bits per heavy atom. The molecule has 268 valence electrons. The van der Waals surface area contributed by atoms with Crippen LogP contribution in [0.4, 0.5) is 0 Å². The van der Waals surface area contributed by atoms with Crippen molar-refractivity contribution < 1.29 is 43.5 Å². The summed E-state index contributed by atoms with van der Waals surface area (Å²) in [6.07, 6.45) is 1.35. The zero-order valence-electron chi connectivity index (χ0n) is 29.4. The quantitative estimate of drug-likeness (QED) is 0.242. The number of aliphatic hydroxyl groups excluding tert-OH is 1.